The monoisotopic (exact) mass is 360 g/mol. The van der Waals surface area contributed by atoms with Gasteiger partial charge in [-0.15, -0.1) is 0 Å². The minimum atomic E-state index is -0.438. The lowest BCUT2D eigenvalue weighted by atomic mass is 10.1. The molecule has 4 rings (SSSR count). The average Bonchev–Trinajstić information content (AvgIpc) is 2.75. The molecule has 0 saturated carbocycles. The van der Waals surface area contributed by atoms with Crippen molar-refractivity contribution in [2.75, 3.05) is 36.0 Å². The molecule has 1 aromatic carbocycles. The molecule has 2 N–H and O–H groups in total. The molecule has 2 aromatic heterocycles. The van der Waals surface area contributed by atoms with Crippen LogP contribution < -0.4 is 15.5 Å². The lowest BCUT2D eigenvalue weighted by Gasteiger charge is -2.35. The van der Waals surface area contributed by atoms with E-state index in [0.717, 1.165) is 49.1 Å². The molecular formula is C20H20N6O. The fourth-order valence-corrected chi connectivity index (χ4v) is 3.16. The molecule has 27 heavy (non-hydrogen) atoms. The molecular weight excluding hydrogens is 340 g/mol. The van der Waals surface area contributed by atoms with E-state index in [2.05, 4.69) is 19.8 Å². The second-order valence-corrected chi connectivity index (χ2v) is 6.37. The van der Waals surface area contributed by atoms with Gasteiger partial charge >= 0.3 is 0 Å². The van der Waals surface area contributed by atoms with Crippen LogP contribution in [0, 0.1) is 0 Å². The number of pyridine rings is 1. The summed E-state index contributed by atoms with van der Waals surface area (Å²) < 4.78 is 0. The Labute approximate surface area is 157 Å². The van der Waals surface area contributed by atoms with Crippen molar-refractivity contribution in [3.8, 4) is 11.3 Å². The number of carbonyl (C=O) groups excluding carboxylic acids is 1. The molecule has 1 amide bonds. The van der Waals surface area contributed by atoms with E-state index < -0.39 is 5.91 Å². The summed E-state index contributed by atoms with van der Waals surface area (Å²) in [6, 6.07) is 13.1. The highest BCUT2D eigenvalue weighted by molar-refractivity contribution is 5.93. The highest BCUT2D eigenvalue weighted by atomic mass is 16.1. The average molecular weight is 360 g/mol. The number of anilines is 2. The lowest BCUT2D eigenvalue weighted by molar-refractivity contribution is 0.100. The molecule has 0 atom stereocenters. The predicted molar refractivity (Wildman–Crippen MR) is 105 cm³/mol. The number of benzene rings is 1. The first-order valence-corrected chi connectivity index (χ1v) is 8.84. The van der Waals surface area contributed by atoms with E-state index in [1.807, 2.05) is 36.5 Å². The lowest BCUT2D eigenvalue weighted by Crippen LogP contribution is -2.47. The van der Waals surface area contributed by atoms with Crippen LogP contribution in [0.2, 0.25) is 0 Å². The Balaban J connectivity index is 1.47. The van der Waals surface area contributed by atoms with Crippen molar-refractivity contribution in [1.29, 1.82) is 0 Å². The summed E-state index contributed by atoms with van der Waals surface area (Å²) in [5.74, 6) is 1.42. The Morgan fingerprint density at radius 3 is 2.22 bits per heavy atom. The molecule has 1 aliphatic rings. The fourth-order valence-electron chi connectivity index (χ4n) is 3.16. The topological polar surface area (TPSA) is 88.2 Å². The number of aromatic nitrogens is 3. The van der Waals surface area contributed by atoms with Crippen molar-refractivity contribution in [2.45, 2.75) is 0 Å². The number of carbonyl (C=O) groups is 1. The smallest absolute Gasteiger partial charge is 0.248 e. The van der Waals surface area contributed by atoms with Crippen molar-refractivity contribution < 1.29 is 4.79 Å². The van der Waals surface area contributed by atoms with Crippen molar-refractivity contribution in [2.24, 2.45) is 5.73 Å². The summed E-state index contributed by atoms with van der Waals surface area (Å²) in [5.41, 5.74) is 7.45. The predicted octanol–water partition coefficient (Wildman–Crippen LogP) is 1.96. The van der Waals surface area contributed by atoms with Crippen LogP contribution >= 0.6 is 0 Å². The van der Waals surface area contributed by atoms with Crippen LogP contribution in [0.4, 0.5) is 11.6 Å². The van der Waals surface area contributed by atoms with Crippen LogP contribution in [-0.4, -0.2) is 47.0 Å². The van der Waals surface area contributed by atoms with Crippen molar-refractivity contribution >= 4 is 17.5 Å². The van der Waals surface area contributed by atoms with Gasteiger partial charge in [0.2, 0.25) is 5.91 Å². The largest absolute Gasteiger partial charge is 0.366 e. The van der Waals surface area contributed by atoms with Crippen molar-refractivity contribution in [1.82, 2.24) is 15.0 Å². The van der Waals surface area contributed by atoms with E-state index in [1.54, 1.807) is 24.5 Å². The number of nitrogens with two attached hydrogens (primary N) is 1. The van der Waals surface area contributed by atoms with Gasteiger partial charge in [0.05, 0.1) is 18.1 Å². The van der Waals surface area contributed by atoms with Gasteiger partial charge in [0.15, 0.2) is 0 Å². The Morgan fingerprint density at radius 2 is 1.59 bits per heavy atom. The van der Waals surface area contributed by atoms with Crippen LogP contribution in [-0.2, 0) is 0 Å². The standard InChI is InChI=1S/C20H20N6O/c21-20(27)16-6-4-15(5-7-16)17-13-22-14-19(24-17)26-11-9-25(10-12-26)18-3-1-2-8-23-18/h1-8,13-14H,9-12H2,(H2,21,27). The van der Waals surface area contributed by atoms with Crippen LogP contribution in [0.5, 0.6) is 0 Å². The fraction of sp³-hybridized carbons (Fsp3) is 0.200. The molecule has 7 nitrogen and oxygen atoms in total. The Kier molecular flexibility index (Phi) is 4.65. The molecule has 1 saturated heterocycles. The van der Waals surface area contributed by atoms with Gasteiger partial charge in [-0.2, -0.15) is 0 Å². The normalized spacial score (nSPS) is 14.2. The summed E-state index contributed by atoms with van der Waals surface area (Å²) >= 11 is 0. The molecule has 3 heterocycles. The highest BCUT2D eigenvalue weighted by Crippen LogP contribution is 2.21. The van der Waals surface area contributed by atoms with Gasteiger partial charge in [0, 0.05) is 43.5 Å². The molecule has 0 bridgehead atoms. The molecule has 0 unspecified atom stereocenters. The van der Waals surface area contributed by atoms with Gasteiger partial charge in [0.25, 0.3) is 0 Å². The molecule has 0 aliphatic carbocycles. The molecule has 7 heteroatoms. The maximum absolute atomic E-state index is 11.2. The molecule has 3 aromatic rings. The zero-order chi connectivity index (χ0) is 18.6. The Hall–Kier alpha value is -3.48. The Bertz CT molecular complexity index is 921. The second-order valence-electron chi connectivity index (χ2n) is 6.37. The van der Waals surface area contributed by atoms with E-state index in [9.17, 15) is 4.79 Å². The van der Waals surface area contributed by atoms with E-state index in [0.29, 0.717) is 5.56 Å². The van der Waals surface area contributed by atoms with E-state index in [1.165, 1.54) is 0 Å². The van der Waals surface area contributed by atoms with Gasteiger partial charge in [-0.25, -0.2) is 9.97 Å². The summed E-state index contributed by atoms with van der Waals surface area (Å²) in [4.78, 5) is 29.2. The molecule has 1 aliphatic heterocycles. The zero-order valence-electron chi connectivity index (χ0n) is 14.8. The number of nitrogens with zero attached hydrogens (tertiary/aromatic N) is 5. The van der Waals surface area contributed by atoms with Crippen molar-refractivity contribution in [3.63, 3.8) is 0 Å². The zero-order valence-corrected chi connectivity index (χ0v) is 14.8. The SMILES string of the molecule is NC(=O)c1ccc(-c2cncc(N3CCN(c4ccccn4)CC3)n2)cc1. The molecule has 136 valence electrons. The summed E-state index contributed by atoms with van der Waals surface area (Å²) in [6.45, 7) is 3.48. The summed E-state index contributed by atoms with van der Waals surface area (Å²) in [6.07, 6.45) is 5.34. The quantitative estimate of drug-likeness (QED) is 0.765. The minimum absolute atomic E-state index is 0.438. The van der Waals surface area contributed by atoms with Crippen molar-refractivity contribution in [3.05, 3.63) is 66.6 Å². The van der Waals surface area contributed by atoms with Gasteiger partial charge < -0.3 is 15.5 Å². The maximum Gasteiger partial charge on any atom is 0.248 e. The first kappa shape index (κ1) is 17.0. The number of rotatable bonds is 4. The molecule has 1 fully saturated rings. The number of amides is 1. The van der Waals surface area contributed by atoms with Gasteiger partial charge in [-0.1, -0.05) is 18.2 Å². The van der Waals surface area contributed by atoms with E-state index in [-0.39, 0.29) is 0 Å². The van der Waals surface area contributed by atoms with E-state index in [4.69, 9.17) is 10.7 Å². The third kappa shape index (κ3) is 3.72. The van der Waals surface area contributed by atoms with Gasteiger partial charge in [0.1, 0.15) is 11.6 Å². The van der Waals surface area contributed by atoms with Crippen LogP contribution in [0.3, 0.4) is 0 Å². The van der Waals surface area contributed by atoms with Crippen LogP contribution in [0.15, 0.2) is 61.1 Å². The van der Waals surface area contributed by atoms with Gasteiger partial charge in [-0.3, -0.25) is 9.78 Å². The number of primary amides is 1. The third-order valence-corrected chi connectivity index (χ3v) is 4.66. The van der Waals surface area contributed by atoms with Crippen LogP contribution in [0.25, 0.3) is 11.3 Å². The molecule has 0 radical (unpaired) electrons. The second kappa shape index (κ2) is 7.41. The van der Waals surface area contributed by atoms with E-state index >= 15 is 0 Å². The number of hydrogen-bond donors (Lipinski definition) is 1. The summed E-state index contributed by atoms with van der Waals surface area (Å²) in [5, 5.41) is 0. The van der Waals surface area contributed by atoms with Crippen LogP contribution in [0.1, 0.15) is 10.4 Å². The first-order chi connectivity index (χ1) is 13.2. The summed E-state index contributed by atoms with van der Waals surface area (Å²) in [7, 11) is 0. The van der Waals surface area contributed by atoms with Gasteiger partial charge in [-0.05, 0) is 24.3 Å². The third-order valence-electron chi connectivity index (χ3n) is 4.66. The minimum Gasteiger partial charge on any atom is -0.366 e. The first-order valence-electron chi connectivity index (χ1n) is 8.84. The molecule has 0 spiro atoms. The number of hydrogen-bond acceptors (Lipinski definition) is 6. The Morgan fingerprint density at radius 1 is 0.889 bits per heavy atom. The number of piperazine rings is 1. The highest BCUT2D eigenvalue weighted by Gasteiger charge is 2.19. The maximum atomic E-state index is 11.2.